The van der Waals surface area contributed by atoms with E-state index < -0.39 is 5.60 Å². The maximum absolute atomic E-state index is 12.5. The minimum atomic E-state index is -0.516. The molecular weight excluding hydrogens is 414 g/mol. The highest BCUT2D eigenvalue weighted by Crippen LogP contribution is 2.26. The van der Waals surface area contributed by atoms with Crippen molar-refractivity contribution in [2.45, 2.75) is 51.9 Å². The molecule has 1 amide bonds. The van der Waals surface area contributed by atoms with Crippen LogP contribution in [0.4, 0.5) is 4.79 Å². The summed E-state index contributed by atoms with van der Waals surface area (Å²) < 4.78 is 14.0. The number of fused-ring (bicyclic) bond motifs is 1. The summed E-state index contributed by atoms with van der Waals surface area (Å²) in [5.41, 5.74) is 2.48. The molecule has 164 valence electrons. The molecule has 0 unspecified atom stereocenters. The van der Waals surface area contributed by atoms with E-state index in [9.17, 15) is 4.79 Å². The lowest BCUT2D eigenvalue weighted by molar-refractivity contribution is 0.00626. The van der Waals surface area contributed by atoms with Gasteiger partial charge in [-0.2, -0.15) is 4.98 Å². The van der Waals surface area contributed by atoms with E-state index in [1.807, 2.05) is 69.3 Å². The topological polar surface area (TPSA) is 56.6 Å². The van der Waals surface area contributed by atoms with Crippen LogP contribution in [-0.2, 0) is 11.3 Å². The smallest absolute Gasteiger partial charge is 0.410 e. The molecule has 7 heteroatoms. The summed E-state index contributed by atoms with van der Waals surface area (Å²) >= 11 is 6.04. The van der Waals surface area contributed by atoms with E-state index in [2.05, 4.69) is 4.57 Å². The fourth-order valence-electron chi connectivity index (χ4n) is 3.74. The largest absolute Gasteiger partial charge is 0.459 e. The van der Waals surface area contributed by atoms with E-state index in [0.29, 0.717) is 30.7 Å². The first-order valence-electron chi connectivity index (χ1n) is 10.6. The van der Waals surface area contributed by atoms with Crippen LogP contribution in [0.3, 0.4) is 0 Å². The molecule has 4 rings (SSSR count). The van der Waals surface area contributed by atoms with Crippen LogP contribution >= 0.6 is 11.6 Å². The normalized spacial score (nSPS) is 17.0. The number of piperidine rings is 1. The Morgan fingerprint density at radius 2 is 1.90 bits per heavy atom. The van der Waals surface area contributed by atoms with Gasteiger partial charge in [0, 0.05) is 11.6 Å². The molecule has 2 aromatic carbocycles. The van der Waals surface area contributed by atoms with Crippen LogP contribution in [0.2, 0.25) is 5.02 Å². The molecule has 2 heterocycles. The number of imidazole rings is 1. The average molecular weight is 442 g/mol. The van der Waals surface area contributed by atoms with Crippen molar-refractivity contribution in [2.24, 2.45) is 0 Å². The molecule has 0 N–H and O–H groups in total. The summed E-state index contributed by atoms with van der Waals surface area (Å²) in [6.45, 7) is 7.41. The van der Waals surface area contributed by atoms with Gasteiger partial charge in [-0.15, -0.1) is 0 Å². The van der Waals surface area contributed by atoms with Gasteiger partial charge in [0.15, 0.2) is 0 Å². The van der Waals surface area contributed by atoms with Gasteiger partial charge in [-0.3, -0.25) is 4.57 Å². The molecule has 1 aliphatic rings. The number of hydrogen-bond acceptors (Lipinski definition) is 4. The standard InChI is InChI=1S/C24H28ClN3O3/c1-24(2,3)31-23(29)27-14-6-7-19(16-27)30-22-26-20-8-4-5-9-21(20)28(22)15-17-10-12-18(25)13-11-17/h4-5,8-13,19H,6-7,14-16H2,1-3H3/t19-/m1/s1. The molecule has 1 aromatic heterocycles. The van der Waals surface area contributed by atoms with E-state index in [1.165, 1.54) is 0 Å². The Balaban J connectivity index is 1.55. The maximum Gasteiger partial charge on any atom is 0.410 e. The number of rotatable bonds is 4. The number of likely N-dealkylation sites (tertiary alicyclic amines) is 1. The van der Waals surface area contributed by atoms with Gasteiger partial charge < -0.3 is 14.4 Å². The number of amides is 1. The molecule has 1 aliphatic heterocycles. The highest BCUT2D eigenvalue weighted by atomic mass is 35.5. The van der Waals surface area contributed by atoms with E-state index >= 15 is 0 Å². The van der Waals surface area contributed by atoms with Crippen molar-refractivity contribution in [3.8, 4) is 6.01 Å². The van der Waals surface area contributed by atoms with E-state index in [1.54, 1.807) is 4.90 Å². The Morgan fingerprint density at radius 3 is 2.65 bits per heavy atom. The summed E-state index contributed by atoms with van der Waals surface area (Å²) in [6.07, 6.45) is 1.29. The first-order valence-corrected chi connectivity index (χ1v) is 11.0. The van der Waals surface area contributed by atoms with Gasteiger partial charge in [-0.1, -0.05) is 35.9 Å². The van der Waals surface area contributed by atoms with Gasteiger partial charge in [-0.25, -0.2) is 4.79 Å². The van der Waals surface area contributed by atoms with Crippen LogP contribution in [-0.4, -0.2) is 45.3 Å². The summed E-state index contributed by atoms with van der Waals surface area (Å²) in [7, 11) is 0. The zero-order valence-electron chi connectivity index (χ0n) is 18.2. The predicted octanol–water partition coefficient (Wildman–Crippen LogP) is 5.52. The van der Waals surface area contributed by atoms with Crippen LogP contribution in [0.1, 0.15) is 39.2 Å². The predicted molar refractivity (Wildman–Crippen MR) is 122 cm³/mol. The van der Waals surface area contributed by atoms with Crippen LogP contribution in [0.5, 0.6) is 6.01 Å². The summed E-state index contributed by atoms with van der Waals surface area (Å²) in [5, 5.41) is 0.708. The van der Waals surface area contributed by atoms with Crippen molar-refractivity contribution in [1.82, 2.24) is 14.5 Å². The molecular formula is C24H28ClN3O3. The van der Waals surface area contributed by atoms with E-state index in [0.717, 1.165) is 29.4 Å². The molecule has 0 bridgehead atoms. The van der Waals surface area contributed by atoms with Crippen LogP contribution in [0, 0.1) is 0 Å². The number of carbonyl (C=O) groups excluding carboxylic acids is 1. The van der Waals surface area contributed by atoms with E-state index in [4.69, 9.17) is 26.1 Å². The second-order valence-corrected chi connectivity index (χ2v) is 9.34. The van der Waals surface area contributed by atoms with Gasteiger partial charge in [0.05, 0.1) is 24.1 Å². The fourth-order valence-corrected chi connectivity index (χ4v) is 3.87. The lowest BCUT2D eigenvalue weighted by Gasteiger charge is -2.34. The molecule has 0 radical (unpaired) electrons. The third kappa shape index (κ3) is 5.31. The highest BCUT2D eigenvalue weighted by molar-refractivity contribution is 6.30. The molecule has 0 spiro atoms. The minimum absolute atomic E-state index is 0.137. The minimum Gasteiger partial charge on any atom is -0.459 e. The second kappa shape index (κ2) is 8.79. The monoisotopic (exact) mass is 441 g/mol. The fraction of sp³-hybridized carbons (Fsp3) is 0.417. The summed E-state index contributed by atoms with van der Waals surface area (Å²) in [5.74, 6) is 0. The highest BCUT2D eigenvalue weighted by Gasteiger charge is 2.29. The summed E-state index contributed by atoms with van der Waals surface area (Å²) in [6, 6.07) is 16.3. The van der Waals surface area contributed by atoms with Crippen molar-refractivity contribution in [1.29, 1.82) is 0 Å². The Kier molecular flexibility index (Phi) is 6.10. The Bertz CT molecular complexity index is 1060. The van der Waals surface area contributed by atoms with Crippen molar-refractivity contribution >= 4 is 28.7 Å². The number of carbonyl (C=O) groups is 1. The molecule has 6 nitrogen and oxygen atoms in total. The third-order valence-corrected chi connectivity index (χ3v) is 5.43. The average Bonchev–Trinajstić information content (AvgIpc) is 3.06. The molecule has 31 heavy (non-hydrogen) atoms. The van der Waals surface area contributed by atoms with E-state index in [-0.39, 0.29) is 12.2 Å². The maximum atomic E-state index is 12.5. The summed E-state index contributed by atoms with van der Waals surface area (Å²) in [4.78, 5) is 19.0. The van der Waals surface area contributed by atoms with Gasteiger partial charge in [0.25, 0.3) is 6.01 Å². The third-order valence-electron chi connectivity index (χ3n) is 5.18. The van der Waals surface area contributed by atoms with Gasteiger partial charge in [-0.05, 0) is 63.4 Å². The first kappa shape index (κ1) is 21.5. The Morgan fingerprint density at radius 1 is 1.16 bits per heavy atom. The van der Waals surface area contributed by atoms with Gasteiger partial charge in [0.1, 0.15) is 11.7 Å². The van der Waals surface area contributed by atoms with Crippen molar-refractivity contribution in [2.75, 3.05) is 13.1 Å². The molecule has 0 saturated carbocycles. The van der Waals surface area contributed by atoms with Crippen LogP contribution in [0.25, 0.3) is 11.0 Å². The van der Waals surface area contributed by atoms with Gasteiger partial charge in [0.2, 0.25) is 0 Å². The first-order chi connectivity index (χ1) is 14.8. The molecule has 3 aromatic rings. The number of aromatic nitrogens is 2. The number of nitrogens with zero attached hydrogens (tertiary/aromatic N) is 3. The quantitative estimate of drug-likeness (QED) is 0.535. The molecule has 0 aliphatic carbocycles. The van der Waals surface area contributed by atoms with Crippen LogP contribution < -0.4 is 4.74 Å². The molecule has 1 fully saturated rings. The number of hydrogen-bond donors (Lipinski definition) is 0. The Labute approximate surface area is 187 Å². The Hall–Kier alpha value is -2.73. The van der Waals surface area contributed by atoms with Crippen molar-refractivity contribution in [3.63, 3.8) is 0 Å². The number of ether oxygens (including phenoxy) is 2. The molecule has 1 saturated heterocycles. The lowest BCUT2D eigenvalue weighted by Crippen LogP contribution is -2.46. The number of benzene rings is 2. The second-order valence-electron chi connectivity index (χ2n) is 8.90. The van der Waals surface area contributed by atoms with Gasteiger partial charge >= 0.3 is 6.09 Å². The molecule has 1 atom stereocenters. The van der Waals surface area contributed by atoms with Crippen LogP contribution in [0.15, 0.2) is 48.5 Å². The SMILES string of the molecule is CC(C)(C)OC(=O)N1CCC[C@@H](Oc2nc3ccccc3n2Cc2ccc(Cl)cc2)C1. The zero-order valence-corrected chi connectivity index (χ0v) is 18.9. The lowest BCUT2D eigenvalue weighted by atomic mass is 10.1. The zero-order chi connectivity index (χ0) is 22.0. The van der Waals surface area contributed by atoms with Crippen molar-refractivity contribution in [3.05, 3.63) is 59.1 Å². The number of para-hydroxylation sites is 2. The number of halogens is 1. The van der Waals surface area contributed by atoms with Crippen molar-refractivity contribution < 1.29 is 14.3 Å².